The highest BCUT2D eigenvalue weighted by molar-refractivity contribution is 7.11. The molecule has 2 aromatic rings. The van der Waals surface area contributed by atoms with Crippen molar-refractivity contribution in [3.8, 4) is 0 Å². The molecule has 142 valence electrons. The van der Waals surface area contributed by atoms with E-state index in [1.54, 1.807) is 11.3 Å². The molecule has 0 fully saturated rings. The van der Waals surface area contributed by atoms with Crippen LogP contribution in [0.4, 0.5) is 0 Å². The van der Waals surface area contributed by atoms with Crippen LogP contribution in [0.3, 0.4) is 0 Å². The first kappa shape index (κ1) is 20.4. The summed E-state index contributed by atoms with van der Waals surface area (Å²) in [6, 6.07) is 10.4. The lowest BCUT2D eigenvalue weighted by Crippen LogP contribution is -2.38. The van der Waals surface area contributed by atoms with E-state index in [0.29, 0.717) is 6.54 Å². The van der Waals surface area contributed by atoms with Crippen LogP contribution >= 0.6 is 11.3 Å². The van der Waals surface area contributed by atoms with Crippen molar-refractivity contribution >= 4 is 17.3 Å². The van der Waals surface area contributed by atoms with Gasteiger partial charge in [0.05, 0.1) is 23.9 Å². The zero-order valence-electron chi connectivity index (χ0n) is 16.0. The van der Waals surface area contributed by atoms with E-state index >= 15 is 0 Å². The molecule has 0 spiro atoms. The summed E-state index contributed by atoms with van der Waals surface area (Å²) in [6.07, 6.45) is 1.92. The highest BCUT2D eigenvalue weighted by Crippen LogP contribution is 2.17. The summed E-state index contributed by atoms with van der Waals surface area (Å²) in [6.45, 7) is 10.0. The number of aromatic nitrogens is 1. The third-order valence-electron chi connectivity index (χ3n) is 3.86. The molecule has 0 saturated heterocycles. The van der Waals surface area contributed by atoms with Crippen LogP contribution in [0.2, 0.25) is 0 Å². The number of ether oxygens (including phenoxy) is 1. The number of thiazole rings is 1. The summed E-state index contributed by atoms with van der Waals surface area (Å²) in [7, 11) is 0. The second kappa shape index (κ2) is 11.6. The molecule has 0 aliphatic heterocycles. The zero-order valence-corrected chi connectivity index (χ0v) is 16.9. The number of hydrogen-bond acceptors (Lipinski definition) is 4. The Bertz CT molecular complexity index is 670. The van der Waals surface area contributed by atoms with Crippen LogP contribution < -0.4 is 10.6 Å². The van der Waals surface area contributed by atoms with Gasteiger partial charge in [0.1, 0.15) is 0 Å². The van der Waals surface area contributed by atoms with E-state index in [2.05, 4.69) is 51.8 Å². The first-order valence-electron chi connectivity index (χ1n) is 9.25. The number of aryl methyl sites for hydroxylation is 2. The lowest BCUT2D eigenvalue weighted by molar-refractivity contribution is 0.135. The molecule has 0 unspecified atom stereocenters. The van der Waals surface area contributed by atoms with Gasteiger partial charge in [-0.15, -0.1) is 11.3 Å². The Labute approximate surface area is 160 Å². The molecule has 0 bridgehead atoms. The normalized spacial score (nSPS) is 11.6. The monoisotopic (exact) mass is 374 g/mol. The van der Waals surface area contributed by atoms with Crippen molar-refractivity contribution in [2.45, 2.75) is 40.2 Å². The van der Waals surface area contributed by atoms with Crippen molar-refractivity contribution in [2.75, 3.05) is 26.3 Å². The van der Waals surface area contributed by atoms with Gasteiger partial charge in [0.2, 0.25) is 0 Å². The van der Waals surface area contributed by atoms with Crippen molar-refractivity contribution in [3.05, 3.63) is 51.5 Å². The Kier molecular flexibility index (Phi) is 9.14. The predicted molar refractivity (Wildman–Crippen MR) is 110 cm³/mol. The van der Waals surface area contributed by atoms with Crippen LogP contribution in [-0.2, 0) is 17.7 Å². The maximum Gasteiger partial charge on any atom is 0.191 e. The van der Waals surface area contributed by atoms with E-state index in [-0.39, 0.29) is 0 Å². The van der Waals surface area contributed by atoms with Crippen LogP contribution in [-0.4, -0.2) is 37.2 Å². The van der Waals surface area contributed by atoms with Crippen molar-refractivity contribution in [1.29, 1.82) is 0 Å². The molecule has 0 atom stereocenters. The number of hydrogen-bond donors (Lipinski definition) is 2. The van der Waals surface area contributed by atoms with Gasteiger partial charge >= 0.3 is 0 Å². The van der Waals surface area contributed by atoms with Gasteiger partial charge in [-0.25, -0.2) is 9.98 Å². The van der Waals surface area contributed by atoms with Crippen LogP contribution in [0.1, 0.15) is 34.5 Å². The summed E-state index contributed by atoms with van der Waals surface area (Å²) >= 11 is 1.72. The zero-order chi connectivity index (χ0) is 18.6. The van der Waals surface area contributed by atoms with Crippen molar-refractivity contribution in [2.24, 2.45) is 4.99 Å². The van der Waals surface area contributed by atoms with E-state index in [4.69, 9.17) is 4.74 Å². The number of guanidine groups is 1. The number of aliphatic imine (C=N–C) groups is 1. The minimum absolute atomic E-state index is 0.667. The minimum atomic E-state index is 0.667. The lowest BCUT2D eigenvalue weighted by Gasteiger charge is -2.11. The van der Waals surface area contributed by atoms with E-state index in [0.717, 1.165) is 55.8 Å². The summed E-state index contributed by atoms with van der Waals surface area (Å²) in [4.78, 5) is 10.3. The lowest BCUT2D eigenvalue weighted by atomic mass is 10.2. The third kappa shape index (κ3) is 7.54. The molecular weight excluding hydrogens is 344 g/mol. The molecule has 0 aliphatic carbocycles. The Balaban J connectivity index is 1.63. The van der Waals surface area contributed by atoms with Crippen molar-refractivity contribution in [3.63, 3.8) is 0 Å². The van der Waals surface area contributed by atoms with E-state index in [1.165, 1.54) is 10.4 Å². The van der Waals surface area contributed by atoms with Gasteiger partial charge in [0.25, 0.3) is 0 Å². The van der Waals surface area contributed by atoms with Crippen LogP contribution in [0.15, 0.2) is 35.3 Å². The Hall–Kier alpha value is -1.92. The van der Waals surface area contributed by atoms with Crippen LogP contribution in [0.5, 0.6) is 0 Å². The fraction of sp³-hybridized carbons (Fsp3) is 0.500. The van der Waals surface area contributed by atoms with Crippen LogP contribution in [0.25, 0.3) is 0 Å². The molecule has 1 aromatic carbocycles. The Morgan fingerprint density at radius 3 is 2.65 bits per heavy atom. The number of nitrogens with zero attached hydrogens (tertiary/aromatic N) is 2. The molecular formula is C20H30N4OS. The van der Waals surface area contributed by atoms with Gasteiger partial charge < -0.3 is 15.4 Å². The second-order valence-electron chi connectivity index (χ2n) is 6.06. The highest BCUT2D eigenvalue weighted by Gasteiger charge is 2.04. The van der Waals surface area contributed by atoms with E-state index in [9.17, 15) is 0 Å². The molecule has 1 aromatic heterocycles. The van der Waals surface area contributed by atoms with E-state index < -0.39 is 0 Å². The van der Waals surface area contributed by atoms with Gasteiger partial charge in [0, 0.05) is 24.6 Å². The molecule has 2 N–H and O–H groups in total. The second-order valence-corrected chi connectivity index (χ2v) is 7.35. The first-order chi connectivity index (χ1) is 12.7. The van der Waals surface area contributed by atoms with Gasteiger partial charge in [-0.1, -0.05) is 30.3 Å². The summed E-state index contributed by atoms with van der Waals surface area (Å²) < 4.78 is 5.72. The predicted octanol–water partition coefficient (Wildman–Crippen LogP) is 3.46. The summed E-state index contributed by atoms with van der Waals surface area (Å²) in [5.74, 6) is 0.849. The minimum Gasteiger partial charge on any atom is -0.381 e. The molecule has 5 nitrogen and oxygen atoms in total. The topological polar surface area (TPSA) is 58.5 Å². The summed E-state index contributed by atoms with van der Waals surface area (Å²) in [5, 5.41) is 7.75. The molecule has 2 rings (SSSR count). The van der Waals surface area contributed by atoms with Crippen molar-refractivity contribution < 1.29 is 4.74 Å². The molecule has 0 saturated carbocycles. The molecule has 0 radical (unpaired) electrons. The Morgan fingerprint density at radius 2 is 1.96 bits per heavy atom. The van der Waals surface area contributed by atoms with Gasteiger partial charge in [-0.2, -0.15) is 0 Å². The molecule has 1 heterocycles. The van der Waals surface area contributed by atoms with Crippen LogP contribution in [0, 0.1) is 13.8 Å². The number of rotatable bonds is 10. The standard InChI is InChI=1S/C20H30N4OS/c1-4-21-20(23-15-19-16(2)24-17(3)26-19)22-12-8-13-25-14-11-18-9-6-5-7-10-18/h5-7,9-10H,4,8,11-15H2,1-3H3,(H2,21,22,23). The maximum atomic E-state index is 5.72. The molecule has 26 heavy (non-hydrogen) atoms. The van der Waals surface area contributed by atoms with Gasteiger partial charge in [0.15, 0.2) is 5.96 Å². The smallest absolute Gasteiger partial charge is 0.191 e. The van der Waals surface area contributed by atoms with Gasteiger partial charge in [-0.3, -0.25) is 0 Å². The molecule has 0 aliphatic rings. The SMILES string of the molecule is CCNC(=NCc1sc(C)nc1C)NCCCOCCc1ccccc1. The third-order valence-corrected chi connectivity index (χ3v) is 4.92. The average Bonchev–Trinajstić information content (AvgIpc) is 2.97. The summed E-state index contributed by atoms with van der Waals surface area (Å²) in [5.41, 5.74) is 2.40. The molecule has 6 heteroatoms. The average molecular weight is 375 g/mol. The fourth-order valence-electron chi connectivity index (χ4n) is 2.53. The fourth-order valence-corrected chi connectivity index (χ4v) is 3.39. The highest BCUT2D eigenvalue weighted by atomic mass is 32.1. The maximum absolute atomic E-state index is 5.72. The largest absolute Gasteiger partial charge is 0.381 e. The number of benzene rings is 1. The first-order valence-corrected chi connectivity index (χ1v) is 10.1. The van der Waals surface area contributed by atoms with Crippen molar-refractivity contribution in [1.82, 2.24) is 15.6 Å². The Morgan fingerprint density at radius 1 is 1.15 bits per heavy atom. The van der Waals surface area contributed by atoms with Gasteiger partial charge in [-0.05, 0) is 39.2 Å². The number of nitrogens with one attached hydrogen (secondary N) is 2. The quantitative estimate of drug-likeness (QED) is 0.380. The van der Waals surface area contributed by atoms with E-state index in [1.807, 2.05) is 19.9 Å². The molecule has 0 amide bonds.